The number of nitrogens with two attached hydrogens (primary N) is 1. The zero-order valence-corrected chi connectivity index (χ0v) is 18.6. The van der Waals surface area contributed by atoms with Crippen LogP contribution in [0.3, 0.4) is 0 Å². The van der Waals surface area contributed by atoms with Crippen LogP contribution in [-0.2, 0) is 20.9 Å². The summed E-state index contributed by atoms with van der Waals surface area (Å²) in [6, 6.07) is 17.6. The highest BCUT2D eigenvalue weighted by Crippen LogP contribution is 2.26. The molecular weight excluding hydrogens is 404 g/mol. The number of nitrogen functional groups attached to an aromatic ring is 1. The summed E-state index contributed by atoms with van der Waals surface area (Å²) in [6.45, 7) is 2.69. The van der Waals surface area contributed by atoms with E-state index in [-0.39, 0.29) is 23.6 Å². The number of ether oxygens (including phenoxy) is 1. The maximum atomic E-state index is 13.4. The molecule has 0 saturated carbocycles. The van der Waals surface area contributed by atoms with Gasteiger partial charge in [0.1, 0.15) is 5.84 Å². The minimum atomic E-state index is -0.249. The van der Waals surface area contributed by atoms with Crippen LogP contribution in [0.1, 0.15) is 36.8 Å². The summed E-state index contributed by atoms with van der Waals surface area (Å²) >= 11 is 0. The molecule has 3 N–H and O–H groups in total. The molecule has 2 aromatic rings. The lowest BCUT2D eigenvalue weighted by molar-refractivity contribution is -0.142. The molecule has 1 heterocycles. The van der Waals surface area contributed by atoms with Crippen molar-refractivity contribution in [2.24, 2.45) is 11.7 Å². The van der Waals surface area contributed by atoms with Crippen molar-refractivity contribution in [3.63, 3.8) is 0 Å². The molecule has 0 unspecified atom stereocenters. The Kier molecular flexibility index (Phi) is 8.25. The molecule has 0 aromatic heterocycles. The second-order valence-electron chi connectivity index (χ2n) is 8.15. The Morgan fingerprint density at radius 1 is 1.09 bits per heavy atom. The Labute approximate surface area is 189 Å². The standard InChI is InChI=1S/C25H32N4O3/c1-32-23(30)8-5-15-29(18-19-6-3-2-4-7-19)25(31)21-13-16-28(17-14-21)22-11-9-20(10-12-22)24(26)27/h2-4,6-7,9-12,21H,5,8,13-18H2,1H3,(H3,26,27). The zero-order valence-electron chi connectivity index (χ0n) is 18.6. The fraction of sp³-hybridized carbons (Fsp3) is 0.400. The third-order valence-electron chi connectivity index (χ3n) is 5.95. The van der Waals surface area contributed by atoms with Crippen molar-refractivity contribution in [2.45, 2.75) is 32.2 Å². The summed E-state index contributed by atoms with van der Waals surface area (Å²) in [5, 5.41) is 7.52. The second kappa shape index (κ2) is 11.3. The molecule has 1 fully saturated rings. The zero-order chi connectivity index (χ0) is 22.9. The SMILES string of the molecule is COC(=O)CCCN(Cc1ccccc1)C(=O)C1CCN(c2ccc(C(=N)N)cc2)CC1. The van der Waals surface area contributed by atoms with Crippen LogP contribution < -0.4 is 10.6 Å². The lowest BCUT2D eigenvalue weighted by atomic mass is 9.94. The molecule has 0 radical (unpaired) electrons. The summed E-state index contributed by atoms with van der Waals surface area (Å²) in [6.07, 6.45) is 2.47. The number of nitrogens with one attached hydrogen (secondary N) is 1. The molecular formula is C25H32N4O3. The summed E-state index contributed by atoms with van der Waals surface area (Å²) in [5.41, 5.74) is 8.42. The van der Waals surface area contributed by atoms with E-state index in [4.69, 9.17) is 15.9 Å². The van der Waals surface area contributed by atoms with Crippen molar-refractivity contribution in [3.05, 3.63) is 65.7 Å². The Balaban J connectivity index is 1.60. The molecule has 1 aliphatic rings. The van der Waals surface area contributed by atoms with Crippen LogP contribution in [0, 0.1) is 11.3 Å². The number of anilines is 1. The molecule has 170 valence electrons. The van der Waals surface area contributed by atoms with Crippen LogP contribution in [0.2, 0.25) is 0 Å². The van der Waals surface area contributed by atoms with Crippen molar-refractivity contribution in [1.82, 2.24) is 4.90 Å². The summed E-state index contributed by atoms with van der Waals surface area (Å²) in [7, 11) is 1.39. The molecule has 1 aliphatic heterocycles. The van der Waals surface area contributed by atoms with Gasteiger partial charge in [-0.15, -0.1) is 0 Å². The largest absolute Gasteiger partial charge is 0.469 e. The number of hydrogen-bond acceptors (Lipinski definition) is 5. The molecule has 0 aliphatic carbocycles. The minimum Gasteiger partial charge on any atom is -0.469 e. The lowest BCUT2D eigenvalue weighted by Crippen LogP contribution is -2.42. The van der Waals surface area contributed by atoms with Crippen molar-refractivity contribution < 1.29 is 14.3 Å². The first kappa shape index (κ1) is 23.3. The summed E-state index contributed by atoms with van der Waals surface area (Å²) in [5.74, 6) is -0.0531. The van der Waals surface area contributed by atoms with Gasteiger partial charge in [-0.2, -0.15) is 0 Å². The third-order valence-corrected chi connectivity index (χ3v) is 5.95. The van der Waals surface area contributed by atoms with Gasteiger partial charge in [0, 0.05) is 49.8 Å². The number of esters is 1. The molecule has 1 amide bonds. The number of amidine groups is 1. The van der Waals surface area contributed by atoms with Crippen LogP contribution in [0.15, 0.2) is 54.6 Å². The number of benzene rings is 2. The molecule has 1 saturated heterocycles. The van der Waals surface area contributed by atoms with Gasteiger partial charge in [0.25, 0.3) is 0 Å². The van der Waals surface area contributed by atoms with Gasteiger partial charge in [-0.25, -0.2) is 0 Å². The third kappa shape index (κ3) is 6.33. The fourth-order valence-electron chi connectivity index (χ4n) is 4.08. The van der Waals surface area contributed by atoms with Crippen LogP contribution in [0.4, 0.5) is 5.69 Å². The van der Waals surface area contributed by atoms with Gasteiger partial charge in [0.2, 0.25) is 5.91 Å². The van der Waals surface area contributed by atoms with E-state index in [2.05, 4.69) is 4.90 Å². The van der Waals surface area contributed by atoms with Gasteiger partial charge in [-0.3, -0.25) is 15.0 Å². The highest BCUT2D eigenvalue weighted by atomic mass is 16.5. The van der Waals surface area contributed by atoms with Crippen LogP contribution in [-0.4, -0.2) is 49.4 Å². The molecule has 0 atom stereocenters. The van der Waals surface area contributed by atoms with Crippen LogP contribution in [0.5, 0.6) is 0 Å². The average Bonchev–Trinajstić information content (AvgIpc) is 2.83. The summed E-state index contributed by atoms with van der Waals surface area (Å²) < 4.78 is 4.73. The molecule has 0 spiro atoms. The monoisotopic (exact) mass is 436 g/mol. The van der Waals surface area contributed by atoms with Gasteiger partial charge in [0.05, 0.1) is 7.11 Å². The highest BCUT2D eigenvalue weighted by molar-refractivity contribution is 5.95. The van der Waals surface area contributed by atoms with E-state index in [0.717, 1.165) is 37.2 Å². The van der Waals surface area contributed by atoms with E-state index in [0.29, 0.717) is 31.5 Å². The average molecular weight is 437 g/mol. The molecule has 7 heteroatoms. The minimum absolute atomic E-state index is 0.0235. The Hall–Kier alpha value is -3.35. The van der Waals surface area contributed by atoms with E-state index < -0.39 is 0 Å². The van der Waals surface area contributed by atoms with Crippen LogP contribution >= 0.6 is 0 Å². The topological polar surface area (TPSA) is 99.7 Å². The van der Waals surface area contributed by atoms with Gasteiger partial charge >= 0.3 is 5.97 Å². The molecule has 2 aromatic carbocycles. The number of hydrogen-bond donors (Lipinski definition) is 2. The first-order valence-electron chi connectivity index (χ1n) is 11.1. The Morgan fingerprint density at radius 3 is 2.34 bits per heavy atom. The maximum Gasteiger partial charge on any atom is 0.305 e. The van der Waals surface area contributed by atoms with Crippen molar-refractivity contribution in [2.75, 3.05) is 31.6 Å². The second-order valence-corrected chi connectivity index (χ2v) is 8.15. The van der Waals surface area contributed by atoms with E-state index in [1.807, 2.05) is 59.5 Å². The quantitative estimate of drug-likeness (QED) is 0.357. The normalized spacial score (nSPS) is 14.1. The predicted molar refractivity (Wildman–Crippen MR) is 126 cm³/mol. The maximum absolute atomic E-state index is 13.4. The highest BCUT2D eigenvalue weighted by Gasteiger charge is 2.29. The van der Waals surface area contributed by atoms with Crippen molar-refractivity contribution in [3.8, 4) is 0 Å². The van der Waals surface area contributed by atoms with Gasteiger partial charge in [-0.1, -0.05) is 30.3 Å². The van der Waals surface area contributed by atoms with E-state index in [9.17, 15) is 9.59 Å². The smallest absolute Gasteiger partial charge is 0.305 e. The number of nitrogens with zero attached hydrogens (tertiary/aromatic N) is 2. The van der Waals surface area contributed by atoms with Gasteiger partial charge < -0.3 is 20.3 Å². The number of carbonyl (C=O) groups excluding carboxylic acids is 2. The van der Waals surface area contributed by atoms with Gasteiger partial charge in [-0.05, 0) is 49.1 Å². The Bertz CT molecular complexity index is 907. The molecule has 32 heavy (non-hydrogen) atoms. The molecule has 3 rings (SSSR count). The predicted octanol–water partition coefficient (Wildman–Crippen LogP) is 3.17. The number of rotatable bonds is 9. The van der Waals surface area contributed by atoms with E-state index in [1.165, 1.54) is 7.11 Å². The fourth-order valence-corrected chi connectivity index (χ4v) is 4.08. The number of amides is 1. The van der Waals surface area contributed by atoms with Crippen molar-refractivity contribution >= 4 is 23.4 Å². The first-order valence-corrected chi connectivity index (χ1v) is 11.1. The van der Waals surface area contributed by atoms with E-state index in [1.54, 1.807) is 0 Å². The first-order chi connectivity index (χ1) is 15.5. The van der Waals surface area contributed by atoms with Crippen LogP contribution in [0.25, 0.3) is 0 Å². The van der Waals surface area contributed by atoms with E-state index >= 15 is 0 Å². The van der Waals surface area contributed by atoms with Crippen molar-refractivity contribution in [1.29, 1.82) is 5.41 Å². The molecule has 0 bridgehead atoms. The Morgan fingerprint density at radius 2 is 1.75 bits per heavy atom. The number of piperidine rings is 1. The lowest BCUT2D eigenvalue weighted by Gasteiger charge is -2.35. The summed E-state index contributed by atoms with van der Waals surface area (Å²) in [4.78, 5) is 29.0. The number of carbonyl (C=O) groups is 2. The molecule has 7 nitrogen and oxygen atoms in total. The number of methoxy groups -OCH3 is 1. The van der Waals surface area contributed by atoms with Gasteiger partial charge in [0.15, 0.2) is 0 Å².